The van der Waals surface area contributed by atoms with Crippen molar-refractivity contribution < 1.29 is 26.9 Å². The molecule has 0 amide bonds. The molecule has 0 aliphatic carbocycles. The van der Waals surface area contributed by atoms with Crippen LogP contribution in [0, 0.1) is 10.1 Å². The monoisotopic (exact) mass is 312 g/mol. The molecule has 18 heavy (non-hydrogen) atoms. The van der Waals surface area contributed by atoms with Gasteiger partial charge in [-0.3, -0.25) is 10.1 Å². The third kappa shape index (κ3) is 3.06. The molecule has 2 N–H and O–H groups in total. The van der Waals surface area contributed by atoms with Crippen LogP contribution in [0.2, 0.25) is 0 Å². The summed E-state index contributed by atoms with van der Waals surface area (Å²) in [5.74, 6) is -5.13. The molecule has 0 bridgehead atoms. The second-order valence-corrected chi connectivity index (χ2v) is 4.13. The molecule has 0 saturated carbocycles. The lowest BCUT2D eigenvalue weighted by atomic mass is 10.1. The maximum Gasteiger partial charge on any atom is 0.455 e. The fraction of sp³-hybridized carbons (Fsp3) is 0.429. The van der Waals surface area contributed by atoms with Crippen LogP contribution in [0.4, 0.5) is 27.0 Å². The summed E-state index contributed by atoms with van der Waals surface area (Å²) >= 11 is 0.188. The normalized spacial score (nSPS) is 13.9. The Hall–Kier alpha value is -1.00. The molecular formula is C7H6ClF5N2O2S. The number of nitrogens with zero attached hydrogens (tertiary/aromatic N) is 1. The van der Waals surface area contributed by atoms with E-state index < -0.39 is 32.9 Å². The molecule has 11 heteroatoms. The third-order valence-electron chi connectivity index (χ3n) is 1.87. The first kappa shape index (κ1) is 17.0. The molecule has 4 nitrogen and oxygen atoms in total. The lowest BCUT2D eigenvalue weighted by Gasteiger charge is -2.24. The Kier molecular flexibility index (Phi) is 5.03. The SMILES string of the molecule is Cl.N[C@H](c1ccc([N+](=O)[O-])s1)C(F)(F)C(F)(F)F. The van der Waals surface area contributed by atoms with Gasteiger partial charge in [-0.05, 0) is 6.07 Å². The quantitative estimate of drug-likeness (QED) is 0.529. The van der Waals surface area contributed by atoms with E-state index in [4.69, 9.17) is 5.73 Å². The molecule has 0 aliphatic rings. The van der Waals surface area contributed by atoms with Gasteiger partial charge in [-0.15, -0.1) is 12.4 Å². The van der Waals surface area contributed by atoms with Crippen LogP contribution in [0.15, 0.2) is 12.1 Å². The number of hydrogen-bond donors (Lipinski definition) is 1. The summed E-state index contributed by atoms with van der Waals surface area (Å²) in [5.41, 5.74) is 4.79. The number of hydrogen-bond acceptors (Lipinski definition) is 4. The van der Waals surface area contributed by atoms with E-state index in [1.807, 2.05) is 0 Å². The van der Waals surface area contributed by atoms with Crippen molar-refractivity contribution in [3.63, 3.8) is 0 Å². The van der Waals surface area contributed by atoms with Gasteiger partial charge in [0.2, 0.25) is 0 Å². The van der Waals surface area contributed by atoms with Gasteiger partial charge < -0.3 is 5.73 Å². The fourth-order valence-corrected chi connectivity index (χ4v) is 1.83. The van der Waals surface area contributed by atoms with Crippen LogP contribution in [0.5, 0.6) is 0 Å². The van der Waals surface area contributed by atoms with Gasteiger partial charge in [-0.2, -0.15) is 22.0 Å². The van der Waals surface area contributed by atoms with Gasteiger partial charge in [-0.1, -0.05) is 11.3 Å². The van der Waals surface area contributed by atoms with Gasteiger partial charge in [0.1, 0.15) is 6.04 Å². The molecule has 1 atom stereocenters. The summed E-state index contributed by atoms with van der Waals surface area (Å²) in [7, 11) is 0. The molecule has 1 aromatic rings. The highest BCUT2D eigenvalue weighted by Gasteiger charge is 2.62. The van der Waals surface area contributed by atoms with E-state index in [0.717, 1.165) is 12.1 Å². The van der Waals surface area contributed by atoms with Crippen LogP contribution in [0.25, 0.3) is 0 Å². The van der Waals surface area contributed by atoms with E-state index in [2.05, 4.69) is 0 Å². The highest BCUT2D eigenvalue weighted by atomic mass is 35.5. The number of nitro groups is 1. The Bertz CT molecular complexity index is 436. The molecule has 0 saturated heterocycles. The molecule has 0 aromatic carbocycles. The topological polar surface area (TPSA) is 69.2 Å². The molecule has 104 valence electrons. The molecule has 0 fully saturated rings. The molecule has 0 radical (unpaired) electrons. The first-order valence-corrected chi connectivity index (χ1v) is 4.83. The summed E-state index contributed by atoms with van der Waals surface area (Å²) in [4.78, 5) is 8.75. The van der Waals surface area contributed by atoms with E-state index in [1.54, 1.807) is 0 Å². The predicted octanol–water partition coefficient (Wildman–Crippen LogP) is 3.28. The first-order valence-electron chi connectivity index (χ1n) is 4.01. The predicted molar refractivity (Wildman–Crippen MR) is 56.2 cm³/mol. The van der Waals surface area contributed by atoms with E-state index >= 15 is 0 Å². The summed E-state index contributed by atoms with van der Waals surface area (Å²) in [6, 6.07) is -1.04. The Morgan fingerprint density at radius 2 is 1.78 bits per heavy atom. The molecule has 0 spiro atoms. The van der Waals surface area contributed by atoms with Gasteiger partial charge >= 0.3 is 17.1 Å². The van der Waals surface area contributed by atoms with E-state index in [9.17, 15) is 32.1 Å². The van der Waals surface area contributed by atoms with Crippen LogP contribution in [0.3, 0.4) is 0 Å². The average molecular weight is 313 g/mol. The van der Waals surface area contributed by atoms with Gasteiger partial charge in [-0.25, -0.2) is 0 Å². The molecule has 1 aromatic heterocycles. The van der Waals surface area contributed by atoms with Crippen molar-refractivity contribution in [3.05, 3.63) is 27.1 Å². The highest BCUT2D eigenvalue weighted by Crippen LogP contribution is 2.45. The summed E-state index contributed by atoms with van der Waals surface area (Å²) in [6.07, 6.45) is -5.80. The molecule has 1 heterocycles. The number of thiophene rings is 1. The summed E-state index contributed by atoms with van der Waals surface area (Å²) in [5, 5.41) is 9.70. The van der Waals surface area contributed by atoms with Crippen molar-refractivity contribution in [2.45, 2.75) is 18.1 Å². The van der Waals surface area contributed by atoms with Crippen molar-refractivity contribution in [3.8, 4) is 0 Å². The van der Waals surface area contributed by atoms with E-state index in [1.165, 1.54) is 0 Å². The minimum atomic E-state index is -5.80. The van der Waals surface area contributed by atoms with Gasteiger partial charge in [0.05, 0.1) is 4.92 Å². The minimum Gasteiger partial charge on any atom is -0.318 e. The summed E-state index contributed by atoms with van der Waals surface area (Å²) in [6.45, 7) is 0. The van der Waals surface area contributed by atoms with Crippen LogP contribution in [0.1, 0.15) is 10.9 Å². The van der Waals surface area contributed by atoms with Gasteiger partial charge in [0, 0.05) is 10.9 Å². The number of halogens is 6. The number of alkyl halides is 5. The van der Waals surface area contributed by atoms with Crippen molar-refractivity contribution in [1.29, 1.82) is 0 Å². The second-order valence-electron chi connectivity index (χ2n) is 3.03. The zero-order valence-electron chi connectivity index (χ0n) is 8.28. The van der Waals surface area contributed by atoms with Crippen molar-refractivity contribution in [2.24, 2.45) is 5.73 Å². The standard InChI is InChI=1S/C7H5F5N2O2S.ClH/c8-6(9,7(10,11)12)5(13)3-1-2-4(17-3)14(15)16;/h1-2,5H,13H2;1H/t5-;/m1./s1. The largest absolute Gasteiger partial charge is 0.455 e. The Morgan fingerprint density at radius 1 is 1.28 bits per heavy atom. The van der Waals surface area contributed by atoms with Crippen LogP contribution < -0.4 is 5.73 Å². The van der Waals surface area contributed by atoms with E-state index in [-0.39, 0.29) is 23.7 Å². The molecular weight excluding hydrogens is 307 g/mol. The zero-order valence-corrected chi connectivity index (χ0v) is 9.91. The highest BCUT2D eigenvalue weighted by molar-refractivity contribution is 7.15. The smallest absolute Gasteiger partial charge is 0.318 e. The van der Waals surface area contributed by atoms with Crippen molar-refractivity contribution >= 4 is 28.7 Å². The zero-order chi connectivity index (χ0) is 13.4. The Morgan fingerprint density at radius 3 is 2.11 bits per heavy atom. The Labute approximate surface area is 107 Å². The molecule has 0 aliphatic heterocycles. The van der Waals surface area contributed by atoms with Crippen LogP contribution >= 0.6 is 23.7 Å². The average Bonchev–Trinajstić information content (AvgIpc) is 2.63. The van der Waals surface area contributed by atoms with Crippen molar-refractivity contribution in [1.82, 2.24) is 0 Å². The molecule has 0 unspecified atom stereocenters. The number of rotatable bonds is 3. The number of nitrogens with two attached hydrogens (primary N) is 1. The van der Waals surface area contributed by atoms with Crippen LogP contribution in [-0.2, 0) is 0 Å². The molecule has 1 rings (SSSR count). The minimum absolute atomic E-state index is 0. The lowest BCUT2D eigenvalue weighted by Crippen LogP contribution is -2.45. The second kappa shape index (κ2) is 5.33. The third-order valence-corrected chi connectivity index (χ3v) is 2.99. The Balaban J connectivity index is 0.00000289. The maximum absolute atomic E-state index is 12.8. The fourth-order valence-electron chi connectivity index (χ4n) is 0.962. The maximum atomic E-state index is 12.8. The van der Waals surface area contributed by atoms with Crippen LogP contribution in [-0.4, -0.2) is 17.0 Å². The lowest BCUT2D eigenvalue weighted by molar-refractivity contribution is -0.380. The van der Waals surface area contributed by atoms with Crippen molar-refractivity contribution in [2.75, 3.05) is 0 Å². The summed E-state index contributed by atoms with van der Waals surface area (Å²) < 4.78 is 61.5. The van der Waals surface area contributed by atoms with Gasteiger partial charge in [0.15, 0.2) is 0 Å². The first-order chi connectivity index (χ1) is 7.57. The van der Waals surface area contributed by atoms with E-state index in [0.29, 0.717) is 0 Å². The van der Waals surface area contributed by atoms with Gasteiger partial charge in [0.25, 0.3) is 0 Å².